The summed E-state index contributed by atoms with van der Waals surface area (Å²) in [7, 11) is 0. The Morgan fingerprint density at radius 3 is 2.38 bits per heavy atom. The summed E-state index contributed by atoms with van der Waals surface area (Å²) >= 11 is 0. The van der Waals surface area contributed by atoms with Crippen LogP contribution < -0.4 is 10.6 Å². The van der Waals surface area contributed by atoms with Crippen LogP contribution in [0.4, 0.5) is 4.79 Å². The van der Waals surface area contributed by atoms with E-state index in [1.807, 2.05) is 52.1 Å². The highest BCUT2D eigenvalue weighted by molar-refractivity contribution is 5.94. The van der Waals surface area contributed by atoms with Crippen molar-refractivity contribution in [3.8, 4) is 5.69 Å². The first-order valence-electron chi connectivity index (χ1n) is 8.60. The quantitative estimate of drug-likeness (QED) is 0.831. The minimum atomic E-state index is -0.524. The molecule has 1 aromatic heterocycles. The second-order valence-electron chi connectivity index (χ2n) is 7.20. The van der Waals surface area contributed by atoms with E-state index in [-0.39, 0.29) is 11.8 Å². The third kappa shape index (κ3) is 6.23. The number of aromatic nitrogens is 2. The molecule has 7 nitrogen and oxygen atoms in total. The first kappa shape index (κ1) is 19.5. The van der Waals surface area contributed by atoms with E-state index in [0.29, 0.717) is 18.7 Å². The van der Waals surface area contributed by atoms with Crippen LogP contribution in [0.5, 0.6) is 0 Å². The molecule has 1 aromatic carbocycles. The zero-order chi connectivity index (χ0) is 19.2. The van der Waals surface area contributed by atoms with Crippen LogP contribution in [0.15, 0.2) is 42.7 Å². The number of nitrogens with zero attached hydrogens (tertiary/aromatic N) is 2. The van der Waals surface area contributed by atoms with Crippen molar-refractivity contribution in [1.29, 1.82) is 0 Å². The van der Waals surface area contributed by atoms with Crippen molar-refractivity contribution in [3.63, 3.8) is 0 Å². The number of benzene rings is 1. The lowest BCUT2D eigenvalue weighted by Gasteiger charge is -2.21. The van der Waals surface area contributed by atoms with Crippen molar-refractivity contribution < 1.29 is 14.3 Å². The van der Waals surface area contributed by atoms with Crippen molar-refractivity contribution in [1.82, 2.24) is 20.4 Å². The minimum absolute atomic E-state index is 0.0785. The van der Waals surface area contributed by atoms with Crippen LogP contribution >= 0.6 is 0 Å². The number of carbonyl (C=O) groups is 2. The molecular weight excluding hydrogens is 332 g/mol. The maximum absolute atomic E-state index is 12.2. The number of rotatable bonds is 6. The van der Waals surface area contributed by atoms with Gasteiger partial charge in [-0.2, -0.15) is 5.10 Å². The SMILES string of the molecule is C[C@H](CNC(=O)OC(C)(C)C)CNC(=O)c1ccc(-n2cccn2)cc1. The second kappa shape index (κ2) is 8.51. The van der Waals surface area contributed by atoms with Gasteiger partial charge in [0.05, 0.1) is 5.69 Å². The highest BCUT2D eigenvalue weighted by atomic mass is 16.6. The smallest absolute Gasteiger partial charge is 0.407 e. The molecule has 140 valence electrons. The van der Waals surface area contributed by atoms with Crippen LogP contribution in [0.3, 0.4) is 0 Å². The van der Waals surface area contributed by atoms with E-state index < -0.39 is 11.7 Å². The van der Waals surface area contributed by atoms with E-state index in [2.05, 4.69) is 15.7 Å². The first-order valence-corrected chi connectivity index (χ1v) is 8.60. The second-order valence-corrected chi connectivity index (χ2v) is 7.20. The molecule has 2 N–H and O–H groups in total. The molecule has 2 aromatic rings. The molecular formula is C19H26N4O3. The van der Waals surface area contributed by atoms with Gasteiger partial charge in [0.2, 0.25) is 0 Å². The Labute approximate surface area is 153 Å². The summed E-state index contributed by atoms with van der Waals surface area (Å²) in [6, 6.07) is 9.05. The van der Waals surface area contributed by atoms with Gasteiger partial charge in [-0.25, -0.2) is 9.48 Å². The highest BCUT2D eigenvalue weighted by Gasteiger charge is 2.16. The minimum Gasteiger partial charge on any atom is -0.444 e. The van der Waals surface area contributed by atoms with E-state index in [1.54, 1.807) is 23.0 Å². The average Bonchev–Trinajstić information content (AvgIpc) is 3.11. The summed E-state index contributed by atoms with van der Waals surface area (Å²) < 4.78 is 6.91. The molecule has 0 aliphatic carbocycles. The number of alkyl carbamates (subject to hydrolysis) is 1. The number of hydrogen-bond donors (Lipinski definition) is 2. The summed E-state index contributed by atoms with van der Waals surface area (Å²) in [5.41, 5.74) is 0.943. The van der Waals surface area contributed by atoms with Gasteiger partial charge >= 0.3 is 6.09 Å². The van der Waals surface area contributed by atoms with E-state index in [1.165, 1.54) is 0 Å². The molecule has 2 amide bonds. The molecule has 0 saturated heterocycles. The van der Waals surface area contributed by atoms with E-state index >= 15 is 0 Å². The summed E-state index contributed by atoms with van der Waals surface area (Å²) in [4.78, 5) is 23.9. The van der Waals surface area contributed by atoms with Gasteiger partial charge < -0.3 is 15.4 Å². The number of carbonyl (C=O) groups excluding carboxylic acids is 2. The zero-order valence-electron chi connectivity index (χ0n) is 15.7. The van der Waals surface area contributed by atoms with E-state index in [4.69, 9.17) is 4.74 Å². The molecule has 1 heterocycles. The summed E-state index contributed by atoms with van der Waals surface area (Å²) in [6.07, 6.45) is 3.09. The fourth-order valence-corrected chi connectivity index (χ4v) is 2.20. The number of hydrogen-bond acceptors (Lipinski definition) is 4. The molecule has 0 fully saturated rings. The van der Waals surface area contributed by atoms with Gasteiger partial charge in [0.15, 0.2) is 0 Å². The third-order valence-corrected chi connectivity index (χ3v) is 3.50. The highest BCUT2D eigenvalue weighted by Crippen LogP contribution is 2.09. The van der Waals surface area contributed by atoms with Gasteiger partial charge in [-0.3, -0.25) is 4.79 Å². The molecule has 1 atom stereocenters. The molecule has 0 aliphatic rings. The zero-order valence-corrected chi connectivity index (χ0v) is 15.7. The van der Waals surface area contributed by atoms with Gasteiger partial charge in [-0.1, -0.05) is 6.92 Å². The Morgan fingerprint density at radius 1 is 1.15 bits per heavy atom. The molecule has 0 aliphatic heterocycles. The van der Waals surface area contributed by atoms with E-state index in [0.717, 1.165) is 5.69 Å². The molecule has 0 radical (unpaired) electrons. The lowest BCUT2D eigenvalue weighted by atomic mass is 10.1. The number of ether oxygens (including phenoxy) is 1. The molecule has 26 heavy (non-hydrogen) atoms. The standard InChI is InChI=1S/C19H26N4O3/c1-14(13-21-18(25)26-19(2,3)4)12-20-17(24)15-6-8-16(9-7-15)23-11-5-10-22-23/h5-11,14H,12-13H2,1-4H3,(H,20,24)(H,21,25)/t14-/m0/s1. The van der Waals surface area contributed by atoms with Crippen LogP contribution in [-0.2, 0) is 4.74 Å². The van der Waals surface area contributed by atoms with Gasteiger partial charge in [0.25, 0.3) is 5.91 Å². The predicted octanol–water partition coefficient (Wildman–Crippen LogP) is 2.76. The van der Waals surface area contributed by atoms with Crippen LogP contribution in [0.1, 0.15) is 38.1 Å². The lowest BCUT2D eigenvalue weighted by molar-refractivity contribution is 0.0520. The molecule has 0 bridgehead atoms. The Balaban J connectivity index is 1.76. The van der Waals surface area contributed by atoms with Crippen LogP contribution in [0.2, 0.25) is 0 Å². The molecule has 0 spiro atoms. The largest absolute Gasteiger partial charge is 0.444 e. The summed E-state index contributed by atoms with van der Waals surface area (Å²) in [6.45, 7) is 8.26. The summed E-state index contributed by atoms with van der Waals surface area (Å²) in [5, 5.41) is 9.72. The van der Waals surface area contributed by atoms with Gasteiger partial charge in [-0.15, -0.1) is 0 Å². The predicted molar refractivity (Wildman–Crippen MR) is 99.3 cm³/mol. The van der Waals surface area contributed by atoms with Crippen molar-refractivity contribution in [3.05, 3.63) is 48.3 Å². The number of amides is 2. The Bertz CT molecular complexity index is 718. The molecule has 0 unspecified atom stereocenters. The van der Waals surface area contributed by atoms with Crippen LogP contribution in [-0.4, -0.2) is 40.5 Å². The molecule has 7 heteroatoms. The van der Waals surface area contributed by atoms with Crippen molar-refractivity contribution >= 4 is 12.0 Å². The Morgan fingerprint density at radius 2 is 1.81 bits per heavy atom. The maximum Gasteiger partial charge on any atom is 0.407 e. The lowest BCUT2D eigenvalue weighted by Crippen LogP contribution is -2.38. The van der Waals surface area contributed by atoms with Gasteiger partial charge in [-0.05, 0) is 57.0 Å². The van der Waals surface area contributed by atoms with Crippen molar-refractivity contribution in [2.75, 3.05) is 13.1 Å². The average molecular weight is 358 g/mol. The summed E-state index contributed by atoms with van der Waals surface area (Å²) in [5.74, 6) is -0.0732. The fourth-order valence-electron chi connectivity index (χ4n) is 2.20. The van der Waals surface area contributed by atoms with Gasteiger partial charge in [0.1, 0.15) is 5.60 Å². The topological polar surface area (TPSA) is 85.3 Å². The normalized spacial score (nSPS) is 12.3. The van der Waals surface area contributed by atoms with Crippen molar-refractivity contribution in [2.45, 2.75) is 33.3 Å². The molecule has 2 rings (SSSR count). The molecule has 0 saturated carbocycles. The van der Waals surface area contributed by atoms with Gasteiger partial charge in [0, 0.05) is 31.0 Å². The first-order chi connectivity index (χ1) is 12.2. The van der Waals surface area contributed by atoms with E-state index in [9.17, 15) is 9.59 Å². The number of nitrogens with one attached hydrogen (secondary N) is 2. The third-order valence-electron chi connectivity index (χ3n) is 3.50. The van der Waals surface area contributed by atoms with Crippen LogP contribution in [0, 0.1) is 5.92 Å². The fraction of sp³-hybridized carbons (Fsp3) is 0.421. The maximum atomic E-state index is 12.2. The van der Waals surface area contributed by atoms with Crippen LogP contribution in [0.25, 0.3) is 5.69 Å². The Hall–Kier alpha value is -2.83. The monoisotopic (exact) mass is 358 g/mol. The Kier molecular flexibility index (Phi) is 6.38. The van der Waals surface area contributed by atoms with Crippen molar-refractivity contribution in [2.24, 2.45) is 5.92 Å².